The van der Waals surface area contributed by atoms with E-state index in [1.165, 1.54) is 0 Å². The van der Waals surface area contributed by atoms with E-state index in [1.54, 1.807) is 11.1 Å². The molecule has 1 atom stereocenters. The van der Waals surface area contributed by atoms with Gasteiger partial charge in [0.1, 0.15) is 11.2 Å². The summed E-state index contributed by atoms with van der Waals surface area (Å²) in [6.45, 7) is 8.02. The van der Waals surface area contributed by atoms with E-state index in [-0.39, 0.29) is 24.1 Å². The zero-order valence-corrected chi connectivity index (χ0v) is 18.1. The molecule has 0 spiro atoms. The third-order valence-corrected chi connectivity index (χ3v) is 5.31. The van der Waals surface area contributed by atoms with Crippen LogP contribution in [0.1, 0.15) is 74.5 Å². The van der Waals surface area contributed by atoms with E-state index >= 15 is 0 Å². The number of carbonyl (C=O) groups is 2. The first-order valence-electron chi connectivity index (χ1n) is 10.2. The Morgan fingerprint density at radius 2 is 2.00 bits per heavy atom. The first kappa shape index (κ1) is 21.9. The van der Waals surface area contributed by atoms with Gasteiger partial charge in [-0.15, -0.1) is 0 Å². The molecule has 8 nitrogen and oxygen atoms in total. The van der Waals surface area contributed by atoms with Crippen LogP contribution < -0.4 is 0 Å². The topological polar surface area (TPSA) is 82.9 Å². The number of alkyl halides is 1. The van der Waals surface area contributed by atoms with Crippen LogP contribution in [0.5, 0.6) is 0 Å². The second-order valence-corrected chi connectivity index (χ2v) is 8.78. The molecular formula is C20H30ClN3O5. The van der Waals surface area contributed by atoms with Crippen molar-refractivity contribution >= 4 is 23.7 Å². The summed E-state index contributed by atoms with van der Waals surface area (Å²) in [4.78, 5) is 26.6. The van der Waals surface area contributed by atoms with Crippen molar-refractivity contribution < 1.29 is 23.8 Å². The highest BCUT2D eigenvalue weighted by Gasteiger charge is 2.32. The monoisotopic (exact) mass is 427 g/mol. The molecule has 2 fully saturated rings. The lowest BCUT2D eigenvalue weighted by atomic mass is 9.94. The average molecular weight is 428 g/mol. The van der Waals surface area contributed by atoms with Crippen LogP contribution in [0.15, 0.2) is 6.20 Å². The van der Waals surface area contributed by atoms with Gasteiger partial charge in [0.05, 0.1) is 11.7 Å². The van der Waals surface area contributed by atoms with Crippen molar-refractivity contribution in [1.82, 2.24) is 14.7 Å². The number of nitrogens with zero attached hydrogens (tertiary/aromatic N) is 3. The fraction of sp³-hybridized carbons (Fsp3) is 0.750. The molecule has 1 unspecified atom stereocenters. The minimum Gasteiger partial charge on any atom is -0.446 e. The number of aromatic nitrogens is 2. The predicted molar refractivity (Wildman–Crippen MR) is 107 cm³/mol. The van der Waals surface area contributed by atoms with Gasteiger partial charge >= 0.3 is 12.1 Å². The van der Waals surface area contributed by atoms with Crippen LogP contribution in [-0.4, -0.2) is 64.7 Å². The summed E-state index contributed by atoms with van der Waals surface area (Å²) in [6.07, 6.45) is 4.76. The van der Waals surface area contributed by atoms with E-state index in [0.29, 0.717) is 31.9 Å². The van der Waals surface area contributed by atoms with Crippen molar-refractivity contribution in [3.8, 4) is 0 Å². The zero-order chi connectivity index (χ0) is 21.0. The molecule has 0 aliphatic carbocycles. The van der Waals surface area contributed by atoms with E-state index in [9.17, 15) is 9.59 Å². The lowest BCUT2D eigenvalue weighted by Gasteiger charge is -2.34. The number of piperidine rings is 1. The van der Waals surface area contributed by atoms with Crippen molar-refractivity contribution in [2.45, 2.75) is 64.0 Å². The van der Waals surface area contributed by atoms with Crippen molar-refractivity contribution in [1.29, 1.82) is 0 Å². The number of halogens is 1. The number of ether oxygens (including phenoxy) is 3. The Bertz CT molecular complexity index is 724. The van der Waals surface area contributed by atoms with Crippen LogP contribution in [0, 0.1) is 0 Å². The smallest absolute Gasteiger partial charge is 0.410 e. The molecule has 0 bridgehead atoms. The third kappa shape index (κ3) is 5.63. The van der Waals surface area contributed by atoms with Gasteiger partial charge in [-0.05, 0) is 46.5 Å². The van der Waals surface area contributed by atoms with E-state index in [0.717, 1.165) is 31.4 Å². The van der Waals surface area contributed by atoms with E-state index < -0.39 is 11.6 Å². The number of carbonyl (C=O) groups excluding carboxylic acids is 2. The molecule has 2 saturated heterocycles. The van der Waals surface area contributed by atoms with Gasteiger partial charge in [0, 0.05) is 38.4 Å². The molecule has 3 rings (SSSR count). The highest BCUT2D eigenvalue weighted by molar-refractivity contribution is 6.17. The van der Waals surface area contributed by atoms with Crippen LogP contribution in [-0.2, 0) is 14.2 Å². The largest absolute Gasteiger partial charge is 0.446 e. The number of rotatable bonds is 4. The number of hydrogen-bond acceptors (Lipinski definition) is 6. The molecule has 2 aliphatic rings. The number of likely N-dealkylation sites (tertiary alicyclic amines) is 1. The maximum absolute atomic E-state index is 12.5. The lowest BCUT2D eigenvalue weighted by Crippen LogP contribution is -2.43. The van der Waals surface area contributed by atoms with Crippen molar-refractivity contribution in [2.24, 2.45) is 0 Å². The zero-order valence-electron chi connectivity index (χ0n) is 17.4. The van der Waals surface area contributed by atoms with Gasteiger partial charge in [-0.1, -0.05) is 11.6 Å². The third-order valence-electron chi connectivity index (χ3n) is 5.20. The number of esters is 1. The molecule has 1 aromatic heterocycles. The van der Waals surface area contributed by atoms with Crippen LogP contribution in [0.2, 0.25) is 0 Å². The fourth-order valence-electron chi connectivity index (χ4n) is 3.81. The second-order valence-electron chi connectivity index (χ2n) is 8.56. The minimum absolute atomic E-state index is 0.0209. The van der Waals surface area contributed by atoms with Gasteiger partial charge in [0.2, 0.25) is 0 Å². The molecule has 0 saturated carbocycles. The molecule has 9 heteroatoms. The van der Waals surface area contributed by atoms with Gasteiger partial charge in [0.25, 0.3) is 0 Å². The molecular weight excluding hydrogens is 398 g/mol. The maximum atomic E-state index is 12.5. The lowest BCUT2D eigenvalue weighted by molar-refractivity contribution is 0.0166. The van der Waals surface area contributed by atoms with Crippen LogP contribution in [0.3, 0.4) is 0 Å². The Hall–Kier alpha value is -1.80. The Morgan fingerprint density at radius 3 is 2.66 bits per heavy atom. The molecule has 3 heterocycles. The summed E-state index contributed by atoms with van der Waals surface area (Å²) in [5.41, 5.74) is 0.648. The molecule has 2 aliphatic heterocycles. The Labute approximate surface area is 176 Å². The number of hydrogen-bond donors (Lipinski definition) is 0. The van der Waals surface area contributed by atoms with Gasteiger partial charge in [-0.2, -0.15) is 5.10 Å². The Kier molecular flexibility index (Phi) is 7.05. The van der Waals surface area contributed by atoms with Gasteiger partial charge in [-0.25, -0.2) is 9.59 Å². The first-order valence-corrected chi connectivity index (χ1v) is 10.7. The minimum atomic E-state index is -0.537. The van der Waals surface area contributed by atoms with E-state index in [4.69, 9.17) is 30.9 Å². The average Bonchev–Trinajstić information content (AvgIpc) is 3.13. The van der Waals surface area contributed by atoms with Crippen LogP contribution in [0.4, 0.5) is 4.79 Å². The Balaban J connectivity index is 1.80. The van der Waals surface area contributed by atoms with Crippen molar-refractivity contribution in [3.05, 3.63) is 17.5 Å². The normalized spacial score (nSPS) is 21.1. The summed E-state index contributed by atoms with van der Waals surface area (Å²) < 4.78 is 17.8. The van der Waals surface area contributed by atoms with Crippen molar-refractivity contribution in [2.75, 3.05) is 32.4 Å². The van der Waals surface area contributed by atoms with Crippen molar-refractivity contribution in [3.63, 3.8) is 0 Å². The summed E-state index contributed by atoms with van der Waals surface area (Å²) in [5.74, 6) is -0.319. The highest BCUT2D eigenvalue weighted by Crippen LogP contribution is 2.31. The fourth-order valence-corrected chi connectivity index (χ4v) is 3.91. The molecule has 1 aromatic rings. The SMILES string of the molecule is CC(C)(C)OC(=O)N1CCCC(n2cc(C(=O)OCCl)c(C3CCOCC3)n2)C1. The number of amides is 1. The summed E-state index contributed by atoms with van der Waals surface area (Å²) in [7, 11) is 0. The highest BCUT2D eigenvalue weighted by atomic mass is 35.5. The van der Waals surface area contributed by atoms with E-state index in [1.807, 2.05) is 25.5 Å². The van der Waals surface area contributed by atoms with Gasteiger partial charge in [-0.3, -0.25) is 4.68 Å². The van der Waals surface area contributed by atoms with E-state index in [2.05, 4.69) is 0 Å². The van der Waals surface area contributed by atoms with Crippen LogP contribution in [0.25, 0.3) is 0 Å². The molecule has 1 amide bonds. The summed E-state index contributed by atoms with van der Waals surface area (Å²) in [5, 5.41) is 4.77. The predicted octanol–water partition coefficient (Wildman–Crippen LogP) is 3.70. The Morgan fingerprint density at radius 1 is 1.28 bits per heavy atom. The van der Waals surface area contributed by atoms with Gasteiger partial charge < -0.3 is 19.1 Å². The summed E-state index contributed by atoms with van der Waals surface area (Å²) >= 11 is 5.60. The maximum Gasteiger partial charge on any atom is 0.410 e. The van der Waals surface area contributed by atoms with Crippen LogP contribution >= 0.6 is 11.6 Å². The molecule has 162 valence electrons. The molecule has 0 N–H and O–H groups in total. The van der Waals surface area contributed by atoms with Gasteiger partial charge in [0.15, 0.2) is 6.07 Å². The standard InChI is InChI=1S/C20H30ClN3O5/c1-20(2,3)29-19(26)23-8-4-5-15(11-23)24-12-16(18(25)28-13-21)17(22-24)14-6-9-27-10-7-14/h12,14-15H,4-11,13H2,1-3H3. The second kappa shape index (κ2) is 9.34. The first-order chi connectivity index (χ1) is 13.8. The molecule has 0 radical (unpaired) electrons. The molecule has 0 aromatic carbocycles. The molecule has 29 heavy (non-hydrogen) atoms. The quantitative estimate of drug-likeness (QED) is 0.538. The summed E-state index contributed by atoms with van der Waals surface area (Å²) in [6, 6.07) is -0.222.